The summed E-state index contributed by atoms with van der Waals surface area (Å²) in [7, 11) is 4.55. The standard InChI is InChI=1S/C24H24O9/c1-12(25)33-24-15(10-30-23(24)26)5-13-6-17-18(32-11-31-17)9-16(13)21(24)14-7-19(27-2)22(29-4)20(8-14)28-3/h6-9,15,21H,5,10-11H2,1-4H3. The van der Waals surface area contributed by atoms with Crippen molar-refractivity contribution in [3.63, 3.8) is 0 Å². The molecule has 2 heterocycles. The van der Waals surface area contributed by atoms with Crippen molar-refractivity contribution in [1.82, 2.24) is 0 Å². The Bertz CT molecular complexity index is 1120. The zero-order chi connectivity index (χ0) is 23.3. The van der Waals surface area contributed by atoms with E-state index in [4.69, 9.17) is 33.2 Å². The first-order chi connectivity index (χ1) is 15.9. The highest BCUT2D eigenvalue weighted by Gasteiger charge is 2.64. The van der Waals surface area contributed by atoms with Gasteiger partial charge in [0.05, 0.1) is 33.9 Å². The number of hydrogen-bond donors (Lipinski definition) is 0. The molecule has 3 aliphatic rings. The number of ether oxygens (including phenoxy) is 7. The molecular weight excluding hydrogens is 432 g/mol. The number of methoxy groups -OCH3 is 3. The topological polar surface area (TPSA) is 98.8 Å². The maximum absolute atomic E-state index is 13.3. The van der Waals surface area contributed by atoms with Gasteiger partial charge in [-0.15, -0.1) is 0 Å². The first-order valence-corrected chi connectivity index (χ1v) is 10.5. The van der Waals surface area contributed by atoms with E-state index in [9.17, 15) is 9.59 Å². The predicted octanol–water partition coefficient (Wildman–Crippen LogP) is 2.60. The summed E-state index contributed by atoms with van der Waals surface area (Å²) in [5.74, 6) is 0.222. The second-order valence-corrected chi connectivity index (χ2v) is 8.18. The van der Waals surface area contributed by atoms with Gasteiger partial charge in [-0.05, 0) is 47.4 Å². The maximum Gasteiger partial charge on any atom is 0.352 e. The summed E-state index contributed by atoms with van der Waals surface area (Å²) in [6.45, 7) is 1.55. The Labute approximate surface area is 190 Å². The highest BCUT2D eigenvalue weighted by molar-refractivity contribution is 5.88. The lowest BCUT2D eigenvalue weighted by Gasteiger charge is -2.42. The monoisotopic (exact) mass is 456 g/mol. The second-order valence-electron chi connectivity index (χ2n) is 8.18. The van der Waals surface area contributed by atoms with Crippen LogP contribution in [0.15, 0.2) is 24.3 Å². The first-order valence-electron chi connectivity index (χ1n) is 10.5. The smallest absolute Gasteiger partial charge is 0.352 e. The van der Waals surface area contributed by atoms with Crippen molar-refractivity contribution in [1.29, 1.82) is 0 Å². The predicted molar refractivity (Wildman–Crippen MR) is 113 cm³/mol. The molecule has 0 N–H and O–H groups in total. The van der Waals surface area contributed by atoms with Gasteiger partial charge in [-0.25, -0.2) is 4.79 Å². The van der Waals surface area contributed by atoms with Crippen LogP contribution in [0.25, 0.3) is 0 Å². The molecule has 2 aromatic rings. The summed E-state index contributed by atoms with van der Waals surface area (Å²) in [4.78, 5) is 25.6. The molecule has 3 atom stereocenters. The molecule has 2 aliphatic heterocycles. The maximum atomic E-state index is 13.3. The van der Waals surface area contributed by atoms with Gasteiger partial charge in [0.1, 0.15) is 0 Å². The first kappa shape index (κ1) is 21.2. The summed E-state index contributed by atoms with van der Waals surface area (Å²) >= 11 is 0. The van der Waals surface area contributed by atoms with Gasteiger partial charge in [-0.1, -0.05) is 0 Å². The molecule has 0 aromatic heterocycles. The van der Waals surface area contributed by atoms with E-state index in [0.29, 0.717) is 40.7 Å². The third kappa shape index (κ3) is 3.06. The van der Waals surface area contributed by atoms with Crippen molar-refractivity contribution >= 4 is 11.9 Å². The van der Waals surface area contributed by atoms with E-state index in [-0.39, 0.29) is 19.3 Å². The summed E-state index contributed by atoms with van der Waals surface area (Å²) in [6, 6.07) is 7.29. The molecule has 1 aliphatic carbocycles. The Balaban J connectivity index is 1.80. The molecule has 0 radical (unpaired) electrons. The van der Waals surface area contributed by atoms with Crippen LogP contribution >= 0.6 is 0 Å². The number of carbonyl (C=O) groups excluding carboxylic acids is 2. The van der Waals surface area contributed by atoms with E-state index in [1.165, 1.54) is 28.3 Å². The van der Waals surface area contributed by atoms with E-state index in [1.807, 2.05) is 12.1 Å². The average molecular weight is 456 g/mol. The zero-order valence-corrected chi connectivity index (χ0v) is 18.8. The normalized spacial score (nSPS) is 24.4. The van der Waals surface area contributed by atoms with Crippen molar-refractivity contribution < 1.29 is 42.7 Å². The number of hydrogen-bond acceptors (Lipinski definition) is 9. The number of fused-ring (bicyclic) bond motifs is 3. The molecule has 9 heteroatoms. The molecule has 0 bridgehead atoms. The molecule has 1 saturated heterocycles. The van der Waals surface area contributed by atoms with Crippen molar-refractivity contribution in [3.8, 4) is 28.7 Å². The molecule has 0 saturated carbocycles. The summed E-state index contributed by atoms with van der Waals surface area (Å²) in [5.41, 5.74) is 0.848. The van der Waals surface area contributed by atoms with Crippen LogP contribution in [0.5, 0.6) is 28.7 Å². The van der Waals surface area contributed by atoms with E-state index in [1.54, 1.807) is 12.1 Å². The highest BCUT2D eigenvalue weighted by atomic mass is 16.7. The van der Waals surface area contributed by atoms with Gasteiger partial charge < -0.3 is 33.2 Å². The van der Waals surface area contributed by atoms with E-state index in [0.717, 1.165) is 11.1 Å². The summed E-state index contributed by atoms with van der Waals surface area (Å²) in [6.07, 6.45) is 0.478. The lowest BCUT2D eigenvalue weighted by molar-refractivity contribution is -0.176. The number of carbonyl (C=O) groups is 2. The Morgan fingerprint density at radius 3 is 2.24 bits per heavy atom. The van der Waals surface area contributed by atoms with Gasteiger partial charge in [0, 0.05) is 12.8 Å². The molecule has 0 amide bonds. The Kier molecular flexibility index (Phi) is 4.99. The minimum absolute atomic E-state index is 0.119. The van der Waals surface area contributed by atoms with Crippen LogP contribution in [-0.4, -0.2) is 52.3 Å². The SMILES string of the molecule is COc1cc(C2c3cc4c(cc3CC3COC(=O)C32OC(C)=O)OCO4)cc(OC)c1OC. The van der Waals surface area contributed by atoms with Gasteiger partial charge in [0.15, 0.2) is 23.0 Å². The van der Waals surface area contributed by atoms with Crippen LogP contribution < -0.4 is 23.7 Å². The quantitative estimate of drug-likeness (QED) is 0.629. The van der Waals surface area contributed by atoms with Crippen LogP contribution in [-0.2, 0) is 25.5 Å². The molecule has 9 nitrogen and oxygen atoms in total. The van der Waals surface area contributed by atoms with Crippen LogP contribution in [0.1, 0.15) is 29.5 Å². The van der Waals surface area contributed by atoms with Crippen molar-refractivity contribution in [2.45, 2.75) is 24.9 Å². The molecule has 2 aromatic carbocycles. The lowest BCUT2D eigenvalue weighted by Crippen LogP contribution is -2.53. The molecule has 3 unspecified atom stereocenters. The molecule has 33 heavy (non-hydrogen) atoms. The number of cyclic esters (lactones) is 1. The molecular formula is C24H24O9. The Hall–Kier alpha value is -3.62. The van der Waals surface area contributed by atoms with E-state index < -0.39 is 23.5 Å². The highest BCUT2D eigenvalue weighted by Crippen LogP contribution is 2.55. The molecule has 0 spiro atoms. The minimum atomic E-state index is -1.54. The van der Waals surface area contributed by atoms with Crippen molar-refractivity contribution in [2.24, 2.45) is 5.92 Å². The third-order valence-corrected chi connectivity index (χ3v) is 6.51. The van der Waals surface area contributed by atoms with Crippen LogP contribution in [0.2, 0.25) is 0 Å². The average Bonchev–Trinajstić information content (AvgIpc) is 3.38. The van der Waals surface area contributed by atoms with Crippen LogP contribution in [0.4, 0.5) is 0 Å². The fourth-order valence-electron chi connectivity index (χ4n) is 5.20. The second kappa shape index (κ2) is 7.75. The number of esters is 2. The van der Waals surface area contributed by atoms with Crippen LogP contribution in [0.3, 0.4) is 0 Å². The summed E-state index contributed by atoms with van der Waals surface area (Å²) < 4.78 is 39.1. The lowest BCUT2D eigenvalue weighted by atomic mass is 9.64. The van der Waals surface area contributed by atoms with Gasteiger partial charge >= 0.3 is 11.9 Å². The molecule has 174 valence electrons. The van der Waals surface area contributed by atoms with Crippen molar-refractivity contribution in [2.75, 3.05) is 34.7 Å². The van der Waals surface area contributed by atoms with Crippen molar-refractivity contribution in [3.05, 3.63) is 41.0 Å². The van der Waals surface area contributed by atoms with E-state index in [2.05, 4.69) is 0 Å². The Morgan fingerprint density at radius 2 is 1.64 bits per heavy atom. The molecule has 1 fully saturated rings. The fourth-order valence-corrected chi connectivity index (χ4v) is 5.20. The van der Waals surface area contributed by atoms with E-state index >= 15 is 0 Å². The largest absolute Gasteiger partial charge is 0.493 e. The number of rotatable bonds is 5. The van der Waals surface area contributed by atoms with Gasteiger partial charge in [0.25, 0.3) is 0 Å². The van der Waals surface area contributed by atoms with Crippen LogP contribution in [0, 0.1) is 5.92 Å². The zero-order valence-electron chi connectivity index (χ0n) is 18.8. The van der Waals surface area contributed by atoms with Gasteiger partial charge in [-0.2, -0.15) is 0 Å². The summed E-state index contributed by atoms with van der Waals surface area (Å²) in [5, 5.41) is 0. The Morgan fingerprint density at radius 1 is 0.970 bits per heavy atom. The van der Waals surface area contributed by atoms with Gasteiger partial charge in [-0.3, -0.25) is 4.79 Å². The number of benzene rings is 2. The fraction of sp³-hybridized carbons (Fsp3) is 0.417. The van der Waals surface area contributed by atoms with Gasteiger partial charge in [0.2, 0.25) is 18.1 Å². The minimum Gasteiger partial charge on any atom is -0.493 e. The third-order valence-electron chi connectivity index (χ3n) is 6.51. The molecule has 5 rings (SSSR count).